The summed E-state index contributed by atoms with van der Waals surface area (Å²) < 4.78 is 12.7. The van der Waals surface area contributed by atoms with Gasteiger partial charge in [0.25, 0.3) is 0 Å². The van der Waals surface area contributed by atoms with Gasteiger partial charge in [-0.05, 0) is 116 Å². The highest BCUT2D eigenvalue weighted by molar-refractivity contribution is 6.21. The van der Waals surface area contributed by atoms with Crippen LogP contribution in [0.1, 0.15) is 77.6 Å². The van der Waals surface area contributed by atoms with Gasteiger partial charge in [0.05, 0.1) is 42.2 Å². The standard InChI is InChI=1S/C33H57ClN6O3/c1-4-42-31-17-27-25(16-28(31)39-32(41)8-6-14-40(2)3)33(22(18-35)19-37-27)38-23-11-12-30(26(34)15-23)43-20-29-24(21-9-10-21)7-5-13-36-29/h21-31,33,36-38H,4-17,19-20H2,1-3H3,(H,39,41). The first-order chi connectivity index (χ1) is 20.9. The number of nitriles is 1. The molecular weight excluding hydrogens is 564 g/mol. The van der Waals surface area contributed by atoms with E-state index in [2.05, 4.69) is 32.2 Å². The highest BCUT2D eigenvalue weighted by atomic mass is 35.5. The summed E-state index contributed by atoms with van der Waals surface area (Å²) in [6, 6.07) is 3.59. The van der Waals surface area contributed by atoms with Crippen molar-refractivity contribution < 1.29 is 14.3 Å². The molecule has 0 bridgehead atoms. The number of carbonyl (C=O) groups excluding carboxylic acids is 1. The third-order valence-corrected chi connectivity index (χ3v) is 11.3. The summed E-state index contributed by atoms with van der Waals surface area (Å²) in [6.07, 6.45) is 11.2. The third kappa shape index (κ3) is 9.06. The normalized spacial score (nSPS) is 40.0. The van der Waals surface area contributed by atoms with Gasteiger partial charge < -0.3 is 35.6 Å². The number of hydrogen-bond acceptors (Lipinski definition) is 8. The molecule has 43 heavy (non-hydrogen) atoms. The Labute approximate surface area is 264 Å². The van der Waals surface area contributed by atoms with Crippen LogP contribution in [0.4, 0.5) is 0 Å². The number of fused-ring (bicyclic) bond motifs is 1. The molecule has 0 radical (unpaired) electrons. The molecule has 0 aromatic rings. The average Bonchev–Trinajstić information content (AvgIpc) is 3.83. The molecule has 2 saturated heterocycles. The van der Waals surface area contributed by atoms with Crippen LogP contribution >= 0.6 is 11.6 Å². The van der Waals surface area contributed by atoms with Gasteiger partial charge in [-0.15, -0.1) is 11.6 Å². The van der Waals surface area contributed by atoms with Crippen LogP contribution in [-0.4, -0.2) is 106 Å². The van der Waals surface area contributed by atoms with Crippen molar-refractivity contribution in [3.63, 3.8) is 0 Å². The Bertz CT molecular complexity index is 931. The van der Waals surface area contributed by atoms with Crippen molar-refractivity contribution in [2.45, 2.75) is 125 Å². The topological polar surface area (TPSA) is 111 Å². The summed E-state index contributed by atoms with van der Waals surface area (Å²) in [6.45, 7) is 6.08. The molecule has 0 spiro atoms. The zero-order valence-electron chi connectivity index (χ0n) is 26.7. The highest BCUT2D eigenvalue weighted by Crippen LogP contribution is 2.42. The van der Waals surface area contributed by atoms with Crippen molar-refractivity contribution in [3.05, 3.63) is 0 Å². The van der Waals surface area contributed by atoms with Crippen LogP contribution in [0.2, 0.25) is 0 Å². The van der Waals surface area contributed by atoms with Gasteiger partial charge in [0, 0.05) is 43.7 Å². The zero-order chi connectivity index (χ0) is 30.3. The zero-order valence-corrected chi connectivity index (χ0v) is 27.5. The van der Waals surface area contributed by atoms with E-state index < -0.39 is 0 Å². The van der Waals surface area contributed by atoms with E-state index >= 15 is 0 Å². The average molecular weight is 621 g/mol. The molecule has 9 nitrogen and oxygen atoms in total. The molecule has 3 aliphatic carbocycles. The number of alkyl halides is 1. The highest BCUT2D eigenvalue weighted by Gasteiger charge is 2.48. The molecule has 2 aliphatic heterocycles. The third-order valence-electron chi connectivity index (χ3n) is 10.9. The molecule has 2 heterocycles. The molecule has 1 amide bonds. The van der Waals surface area contributed by atoms with Crippen molar-refractivity contribution >= 4 is 17.5 Å². The van der Waals surface area contributed by atoms with Crippen LogP contribution in [0, 0.1) is 35.0 Å². The Morgan fingerprint density at radius 1 is 1.05 bits per heavy atom. The van der Waals surface area contributed by atoms with E-state index in [9.17, 15) is 10.1 Å². The largest absolute Gasteiger partial charge is 0.376 e. The number of halogens is 1. The van der Waals surface area contributed by atoms with E-state index in [1.165, 1.54) is 25.7 Å². The Balaban J connectivity index is 1.16. The Morgan fingerprint density at radius 2 is 1.88 bits per heavy atom. The molecule has 11 atom stereocenters. The first-order valence-corrected chi connectivity index (χ1v) is 17.7. The fourth-order valence-corrected chi connectivity index (χ4v) is 8.87. The van der Waals surface area contributed by atoms with Gasteiger partial charge in [0.15, 0.2) is 0 Å². The summed E-state index contributed by atoms with van der Waals surface area (Å²) in [5.41, 5.74) is 0. The molecule has 10 heteroatoms. The van der Waals surface area contributed by atoms with Gasteiger partial charge in [-0.25, -0.2) is 0 Å². The fraction of sp³-hybridized carbons (Fsp3) is 0.939. The molecule has 4 N–H and O–H groups in total. The Morgan fingerprint density at radius 3 is 2.60 bits per heavy atom. The minimum atomic E-state index is -0.124. The van der Waals surface area contributed by atoms with Crippen LogP contribution in [0.5, 0.6) is 0 Å². The van der Waals surface area contributed by atoms with Gasteiger partial charge in [-0.2, -0.15) is 5.26 Å². The van der Waals surface area contributed by atoms with Crippen LogP contribution < -0.4 is 21.3 Å². The predicted octanol–water partition coefficient (Wildman–Crippen LogP) is 3.02. The van der Waals surface area contributed by atoms with Crippen LogP contribution in [0.3, 0.4) is 0 Å². The maximum atomic E-state index is 12.9. The minimum Gasteiger partial charge on any atom is -0.376 e. The summed E-state index contributed by atoms with van der Waals surface area (Å²) in [5, 5.41) is 24.8. The van der Waals surface area contributed by atoms with Crippen molar-refractivity contribution in [2.24, 2.45) is 23.7 Å². The number of piperidine rings is 2. The molecule has 5 fully saturated rings. The lowest BCUT2D eigenvalue weighted by atomic mass is 9.69. The van der Waals surface area contributed by atoms with Crippen LogP contribution in [-0.2, 0) is 14.3 Å². The first kappa shape index (κ1) is 33.4. The lowest BCUT2D eigenvalue weighted by molar-refractivity contribution is -0.124. The molecule has 244 valence electrons. The van der Waals surface area contributed by atoms with Gasteiger partial charge in [-0.1, -0.05) is 0 Å². The quantitative estimate of drug-likeness (QED) is 0.233. The van der Waals surface area contributed by atoms with Crippen molar-refractivity contribution in [1.29, 1.82) is 5.26 Å². The first-order valence-electron chi connectivity index (χ1n) is 17.3. The summed E-state index contributed by atoms with van der Waals surface area (Å²) in [5.74, 6) is 1.87. The monoisotopic (exact) mass is 620 g/mol. The summed E-state index contributed by atoms with van der Waals surface area (Å²) >= 11 is 7.00. The van der Waals surface area contributed by atoms with E-state index in [1.54, 1.807) is 0 Å². The molecule has 0 aromatic heterocycles. The molecule has 11 unspecified atom stereocenters. The number of amides is 1. The number of nitrogens with zero attached hydrogens (tertiary/aromatic N) is 2. The van der Waals surface area contributed by atoms with E-state index in [4.69, 9.17) is 21.1 Å². The molecule has 5 aliphatic rings. The van der Waals surface area contributed by atoms with Gasteiger partial charge >= 0.3 is 0 Å². The number of hydrogen-bond donors (Lipinski definition) is 4. The van der Waals surface area contributed by atoms with E-state index in [0.717, 1.165) is 70.1 Å². The smallest absolute Gasteiger partial charge is 0.220 e. The Kier molecular flexibility index (Phi) is 12.4. The lowest BCUT2D eigenvalue weighted by Gasteiger charge is -2.50. The fourth-order valence-electron chi connectivity index (χ4n) is 8.46. The minimum absolute atomic E-state index is 0.0196. The molecule has 3 saturated carbocycles. The molecule has 0 aromatic carbocycles. The predicted molar refractivity (Wildman–Crippen MR) is 170 cm³/mol. The molecule has 5 rings (SSSR count). The second kappa shape index (κ2) is 16.0. The summed E-state index contributed by atoms with van der Waals surface area (Å²) in [4.78, 5) is 15.0. The number of rotatable bonds is 13. The van der Waals surface area contributed by atoms with Crippen LogP contribution in [0.15, 0.2) is 0 Å². The summed E-state index contributed by atoms with van der Waals surface area (Å²) in [7, 11) is 4.06. The van der Waals surface area contributed by atoms with Gasteiger partial charge in [0.1, 0.15) is 0 Å². The Hall–Kier alpha value is -0.990. The number of carbonyl (C=O) groups is 1. The van der Waals surface area contributed by atoms with E-state index in [0.29, 0.717) is 25.6 Å². The van der Waals surface area contributed by atoms with E-state index in [1.807, 2.05) is 21.0 Å². The second-order valence-corrected chi connectivity index (χ2v) is 14.8. The lowest BCUT2D eigenvalue weighted by Crippen LogP contribution is -2.66. The van der Waals surface area contributed by atoms with Crippen molar-refractivity contribution in [3.8, 4) is 6.07 Å². The van der Waals surface area contributed by atoms with Gasteiger partial charge in [0.2, 0.25) is 5.91 Å². The van der Waals surface area contributed by atoms with Crippen molar-refractivity contribution in [2.75, 3.05) is 46.9 Å². The van der Waals surface area contributed by atoms with Gasteiger partial charge in [-0.3, -0.25) is 4.79 Å². The SMILES string of the molecule is CCOC1CC2NCC(C#N)C(NC3CCC(OCC4NCCCC4C4CC4)C(Cl)C3)C2CC1NC(=O)CCCN(C)C. The second-order valence-electron chi connectivity index (χ2n) is 14.3. The molecular formula is C33H57ClN6O3. The van der Waals surface area contributed by atoms with Crippen molar-refractivity contribution in [1.82, 2.24) is 26.2 Å². The van der Waals surface area contributed by atoms with Crippen LogP contribution in [0.25, 0.3) is 0 Å². The maximum absolute atomic E-state index is 12.9. The van der Waals surface area contributed by atoms with E-state index in [-0.39, 0.29) is 59.5 Å². The number of nitrogens with one attached hydrogen (secondary N) is 4. The maximum Gasteiger partial charge on any atom is 0.220 e. The number of ether oxygens (including phenoxy) is 2.